The summed E-state index contributed by atoms with van der Waals surface area (Å²) in [6.45, 7) is 0.449. The van der Waals surface area contributed by atoms with Crippen molar-refractivity contribution in [1.29, 1.82) is 0 Å². The van der Waals surface area contributed by atoms with E-state index < -0.39 is 0 Å². The molecule has 18 heavy (non-hydrogen) atoms. The maximum absolute atomic E-state index is 5.75. The molecule has 3 rings (SSSR count). The van der Waals surface area contributed by atoms with Gasteiger partial charge in [0.2, 0.25) is 5.95 Å². The normalized spacial score (nSPS) is 10.9. The number of nitrogens with two attached hydrogens (primary N) is 2. The maximum atomic E-state index is 5.75. The van der Waals surface area contributed by atoms with Crippen LogP contribution in [0.1, 0.15) is 5.56 Å². The number of fused-ring (bicyclic) bond motifs is 1. The number of aromatic nitrogens is 4. The van der Waals surface area contributed by atoms with Crippen molar-refractivity contribution in [2.75, 3.05) is 5.73 Å². The lowest BCUT2D eigenvalue weighted by molar-refractivity contribution is 1.08. The summed E-state index contributed by atoms with van der Waals surface area (Å²) in [6.07, 6.45) is 5.23. The minimum Gasteiger partial charge on any atom is -0.368 e. The first kappa shape index (κ1) is 10.7. The molecule has 0 saturated carbocycles. The molecule has 6 heteroatoms. The lowest BCUT2D eigenvalue weighted by Gasteiger charge is -2.03. The van der Waals surface area contributed by atoms with Gasteiger partial charge in [0.05, 0.1) is 5.69 Å². The van der Waals surface area contributed by atoms with Gasteiger partial charge in [-0.15, -0.1) is 0 Å². The molecule has 5 N–H and O–H groups in total. The van der Waals surface area contributed by atoms with E-state index in [0.717, 1.165) is 27.9 Å². The molecule has 0 aliphatic carbocycles. The Morgan fingerprint density at radius 2 is 2.00 bits per heavy atom. The summed E-state index contributed by atoms with van der Waals surface area (Å²) >= 11 is 0. The second-order valence-electron chi connectivity index (χ2n) is 3.90. The van der Waals surface area contributed by atoms with Crippen molar-refractivity contribution in [1.82, 2.24) is 19.9 Å². The third-order valence-corrected chi connectivity index (χ3v) is 2.83. The highest BCUT2D eigenvalue weighted by Crippen LogP contribution is 2.28. The van der Waals surface area contributed by atoms with Crippen molar-refractivity contribution >= 4 is 17.0 Å². The molecular formula is C12H12N6. The van der Waals surface area contributed by atoms with Gasteiger partial charge in [0, 0.05) is 36.1 Å². The Hall–Kier alpha value is -2.47. The number of pyridine rings is 1. The largest absolute Gasteiger partial charge is 0.368 e. The Morgan fingerprint density at radius 3 is 2.78 bits per heavy atom. The first-order valence-electron chi connectivity index (χ1n) is 5.53. The van der Waals surface area contributed by atoms with Crippen molar-refractivity contribution in [2.24, 2.45) is 5.73 Å². The van der Waals surface area contributed by atoms with Crippen molar-refractivity contribution in [3.05, 3.63) is 36.3 Å². The highest BCUT2D eigenvalue weighted by molar-refractivity contribution is 5.95. The van der Waals surface area contributed by atoms with E-state index in [1.54, 1.807) is 12.4 Å². The second kappa shape index (κ2) is 4.08. The summed E-state index contributed by atoms with van der Waals surface area (Å²) in [7, 11) is 0. The molecule has 0 unspecified atom stereocenters. The van der Waals surface area contributed by atoms with Crippen LogP contribution in [-0.4, -0.2) is 19.9 Å². The monoisotopic (exact) mass is 240 g/mol. The summed E-state index contributed by atoms with van der Waals surface area (Å²) < 4.78 is 0. The molecule has 0 radical (unpaired) electrons. The van der Waals surface area contributed by atoms with Gasteiger partial charge in [-0.3, -0.25) is 0 Å². The summed E-state index contributed by atoms with van der Waals surface area (Å²) in [5.41, 5.74) is 14.9. The lowest BCUT2D eigenvalue weighted by atomic mass is 10.1. The molecule has 0 aromatic carbocycles. The van der Waals surface area contributed by atoms with Crippen LogP contribution < -0.4 is 11.5 Å². The molecule has 0 amide bonds. The number of rotatable bonds is 2. The van der Waals surface area contributed by atoms with Crippen LogP contribution in [0, 0.1) is 0 Å². The molecule has 3 heterocycles. The van der Waals surface area contributed by atoms with E-state index in [0.29, 0.717) is 6.54 Å². The van der Waals surface area contributed by atoms with Gasteiger partial charge < -0.3 is 16.5 Å². The zero-order valence-corrected chi connectivity index (χ0v) is 9.59. The Bertz CT molecular complexity index is 703. The molecule has 0 spiro atoms. The van der Waals surface area contributed by atoms with Gasteiger partial charge in [0.25, 0.3) is 0 Å². The van der Waals surface area contributed by atoms with Crippen LogP contribution in [0.2, 0.25) is 0 Å². The predicted molar refractivity (Wildman–Crippen MR) is 69.4 cm³/mol. The highest BCUT2D eigenvalue weighted by atomic mass is 15.0. The summed E-state index contributed by atoms with van der Waals surface area (Å²) in [5.74, 6) is 0.250. The lowest BCUT2D eigenvalue weighted by Crippen LogP contribution is -1.99. The first-order valence-corrected chi connectivity index (χ1v) is 5.53. The van der Waals surface area contributed by atoms with E-state index in [9.17, 15) is 0 Å². The van der Waals surface area contributed by atoms with Crippen molar-refractivity contribution in [3.8, 4) is 11.3 Å². The van der Waals surface area contributed by atoms with Gasteiger partial charge in [-0.05, 0) is 17.7 Å². The topological polar surface area (TPSA) is 106 Å². The van der Waals surface area contributed by atoms with Gasteiger partial charge in [-0.2, -0.15) is 0 Å². The Kier molecular flexibility index (Phi) is 2.42. The van der Waals surface area contributed by atoms with E-state index in [1.807, 2.05) is 18.3 Å². The zero-order chi connectivity index (χ0) is 12.5. The molecule has 0 saturated heterocycles. The third kappa shape index (κ3) is 1.59. The second-order valence-corrected chi connectivity index (χ2v) is 3.90. The SMILES string of the molecule is NCc1ccnc2[nH]cc(-c3ccnc(N)n3)c12. The molecule has 0 atom stereocenters. The van der Waals surface area contributed by atoms with Gasteiger partial charge in [-0.1, -0.05) is 0 Å². The van der Waals surface area contributed by atoms with Gasteiger partial charge in [0.1, 0.15) is 5.65 Å². The van der Waals surface area contributed by atoms with Gasteiger partial charge in [-0.25, -0.2) is 15.0 Å². The maximum Gasteiger partial charge on any atom is 0.220 e. The number of nitrogens with zero attached hydrogens (tertiary/aromatic N) is 3. The number of aromatic amines is 1. The van der Waals surface area contributed by atoms with Crippen LogP contribution in [0.3, 0.4) is 0 Å². The number of hydrogen-bond acceptors (Lipinski definition) is 5. The quantitative estimate of drug-likeness (QED) is 0.621. The number of hydrogen-bond donors (Lipinski definition) is 3. The van der Waals surface area contributed by atoms with E-state index in [4.69, 9.17) is 11.5 Å². The Labute approximate surface area is 103 Å². The van der Waals surface area contributed by atoms with Crippen LogP contribution in [0.15, 0.2) is 30.7 Å². The average molecular weight is 240 g/mol. The average Bonchev–Trinajstić information content (AvgIpc) is 2.82. The fourth-order valence-corrected chi connectivity index (χ4v) is 2.02. The van der Waals surface area contributed by atoms with Gasteiger partial charge >= 0.3 is 0 Å². The standard InChI is InChI=1S/C12H12N6/c13-5-7-1-3-15-11-10(7)8(6-17-11)9-2-4-16-12(14)18-9/h1-4,6H,5,13H2,(H,15,17)(H2,14,16,18). The van der Waals surface area contributed by atoms with E-state index in [-0.39, 0.29) is 5.95 Å². The van der Waals surface area contributed by atoms with E-state index in [2.05, 4.69) is 19.9 Å². The van der Waals surface area contributed by atoms with Crippen molar-refractivity contribution in [2.45, 2.75) is 6.54 Å². The molecule has 0 fully saturated rings. The number of nitrogen functional groups attached to an aromatic ring is 1. The van der Waals surface area contributed by atoms with E-state index >= 15 is 0 Å². The molecule has 0 aliphatic heterocycles. The minimum absolute atomic E-state index is 0.250. The van der Waals surface area contributed by atoms with Gasteiger partial charge in [0.15, 0.2) is 0 Å². The molecule has 3 aromatic heterocycles. The first-order chi connectivity index (χ1) is 8.79. The van der Waals surface area contributed by atoms with Crippen LogP contribution >= 0.6 is 0 Å². The molecule has 0 bridgehead atoms. The number of H-pyrrole nitrogens is 1. The Balaban J connectivity index is 2.30. The number of anilines is 1. The van der Waals surface area contributed by atoms with Crippen LogP contribution in [0.25, 0.3) is 22.3 Å². The van der Waals surface area contributed by atoms with Crippen molar-refractivity contribution in [3.63, 3.8) is 0 Å². The minimum atomic E-state index is 0.250. The molecule has 90 valence electrons. The molecular weight excluding hydrogens is 228 g/mol. The highest BCUT2D eigenvalue weighted by Gasteiger charge is 2.11. The molecule has 3 aromatic rings. The number of nitrogens with one attached hydrogen (secondary N) is 1. The van der Waals surface area contributed by atoms with E-state index in [1.165, 1.54) is 0 Å². The Morgan fingerprint density at radius 1 is 1.17 bits per heavy atom. The third-order valence-electron chi connectivity index (χ3n) is 2.83. The fraction of sp³-hybridized carbons (Fsp3) is 0.0833. The predicted octanol–water partition coefficient (Wildman–Crippen LogP) is 1.06. The van der Waals surface area contributed by atoms with Crippen LogP contribution in [-0.2, 0) is 6.54 Å². The van der Waals surface area contributed by atoms with Crippen LogP contribution in [0.5, 0.6) is 0 Å². The molecule has 0 aliphatic rings. The zero-order valence-electron chi connectivity index (χ0n) is 9.59. The van der Waals surface area contributed by atoms with Crippen molar-refractivity contribution < 1.29 is 0 Å². The fourth-order valence-electron chi connectivity index (χ4n) is 2.02. The van der Waals surface area contributed by atoms with Crippen LogP contribution in [0.4, 0.5) is 5.95 Å². The molecule has 6 nitrogen and oxygen atoms in total. The summed E-state index contributed by atoms with van der Waals surface area (Å²) in [5, 5.41) is 0.984. The summed E-state index contributed by atoms with van der Waals surface area (Å²) in [6, 6.07) is 3.72. The summed E-state index contributed by atoms with van der Waals surface area (Å²) in [4.78, 5) is 15.5. The smallest absolute Gasteiger partial charge is 0.220 e.